The van der Waals surface area contributed by atoms with Gasteiger partial charge in [-0.2, -0.15) is 11.3 Å². The summed E-state index contributed by atoms with van der Waals surface area (Å²) in [4.78, 5) is 0. The fraction of sp³-hybridized carbons (Fsp3) is 0.333. The highest BCUT2D eigenvalue weighted by atomic mass is 79.9. The molecule has 2 rings (SSSR count). The molecular formula is C15H18BrNS. The van der Waals surface area contributed by atoms with Crippen LogP contribution < -0.4 is 5.73 Å². The minimum atomic E-state index is 0.559. The first-order valence-electron chi connectivity index (χ1n) is 6.24. The summed E-state index contributed by atoms with van der Waals surface area (Å²) < 4.78 is 1.19. The van der Waals surface area contributed by atoms with Crippen LogP contribution in [0.15, 0.2) is 45.6 Å². The van der Waals surface area contributed by atoms with Gasteiger partial charge in [0.25, 0.3) is 0 Å². The van der Waals surface area contributed by atoms with Gasteiger partial charge in [-0.1, -0.05) is 34.1 Å². The predicted octanol–water partition coefficient (Wildman–Crippen LogP) is 4.26. The second-order valence-corrected chi connectivity index (χ2v) is 6.20. The van der Waals surface area contributed by atoms with Gasteiger partial charge in [-0.25, -0.2) is 0 Å². The highest BCUT2D eigenvalue weighted by molar-refractivity contribution is 9.10. The lowest BCUT2D eigenvalue weighted by Gasteiger charge is -2.15. The van der Waals surface area contributed by atoms with Crippen molar-refractivity contribution in [1.82, 2.24) is 0 Å². The maximum absolute atomic E-state index is 5.90. The molecule has 1 atom stereocenters. The lowest BCUT2D eigenvalue weighted by Crippen LogP contribution is -2.17. The summed E-state index contributed by atoms with van der Waals surface area (Å²) in [6, 6.07) is 10.6. The molecule has 0 saturated carbocycles. The van der Waals surface area contributed by atoms with Crippen molar-refractivity contribution in [3.8, 4) is 0 Å². The maximum atomic E-state index is 5.90. The first kappa shape index (κ1) is 13.8. The monoisotopic (exact) mass is 323 g/mol. The van der Waals surface area contributed by atoms with Crippen LogP contribution in [0, 0.1) is 5.92 Å². The molecular weight excluding hydrogens is 306 g/mol. The molecule has 18 heavy (non-hydrogen) atoms. The van der Waals surface area contributed by atoms with Crippen LogP contribution in [0.4, 0.5) is 0 Å². The van der Waals surface area contributed by atoms with Crippen LogP contribution in [-0.4, -0.2) is 6.54 Å². The molecule has 0 fully saturated rings. The van der Waals surface area contributed by atoms with E-state index in [2.05, 4.69) is 57.0 Å². The summed E-state index contributed by atoms with van der Waals surface area (Å²) >= 11 is 5.37. The number of benzene rings is 1. The zero-order valence-corrected chi connectivity index (χ0v) is 12.7. The lowest BCUT2D eigenvalue weighted by molar-refractivity contribution is 0.494. The summed E-state index contributed by atoms with van der Waals surface area (Å²) in [5.74, 6) is 0.559. The smallest absolute Gasteiger partial charge is 0.0207 e. The second kappa shape index (κ2) is 7.07. The van der Waals surface area contributed by atoms with Crippen LogP contribution >= 0.6 is 27.3 Å². The van der Waals surface area contributed by atoms with Crippen molar-refractivity contribution in [2.45, 2.75) is 19.3 Å². The molecule has 1 aromatic heterocycles. The van der Waals surface area contributed by atoms with Gasteiger partial charge in [0.2, 0.25) is 0 Å². The largest absolute Gasteiger partial charge is 0.330 e. The van der Waals surface area contributed by atoms with E-state index in [-0.39, 0.29) is 0 Å². The molecule has 1 aromatic carbocycles. The van der Waals surface area contributed by atoms with Crippen molar-refractivity contribution in [2.24, 2.45) is 11.7 Å². The molecule has 0 aliphatic carbocycles. The van der Waals surface area contributed by atoms with E-state index < -0.39 is 0 Å². The number of hydrogen-bond acceptors (Lipinski definition) is 2. The zero-order chi connectivity index (χ0) is 12.8. The maximum Gasteiger partial charge on any atom is 0.0207 e. The number of halogens is 1. The van der Waals surface area contributed by atoms with E-state index in [9.17, 15) is 0 Å². The molecule has 0 aliphatic rings. The van der Waals surface area contributed by atoms with Gasteiger partial charge in [0.15, 0.2) is 0 Å². The molecule has 0 radical (unpaired) electrons. The molecule has 1 heterocycles. The Hall–Kier alpha value is -0.640. The highest BCUT2D eigenvalue weighted by Crippen LogP contribution is 2.22. The quantitative estimate of drug-likeness (QED) is 0.844. The number of hydrogen-bond donors (Lipinski definition) is 1. The highest BCUT2D eigenvalue weighted by Gasteiger charge is 2.10. The third-order valence-corrected chi connectivity index (χ3v) is 4.73. The van der Waals surface area contributed by atoms with Crippen LogP contribution in [0.1, 0.15) is 17.5 Å². The Labute approximate surface area is 121 Å². The molecule has 2 N–H and O–H groups in total. The second-order valence-electron chi connectivity index (χ2n) is 4.57. The van der Waals surface area contributed by atoms with Crippen LogP contribution in [0.5, 0.6) is 0 Å². The Bertz CT molecular complexity index is 467. The van der Waals surface area contributed by atoms with E-state index in [0.717, 1.165) is 25.8 Å². The number of nitrogens with two attached hydrogens (primary N) is 1. The van der Waals surface area contributed by atoms with E-state index in [1.807, 2.05) is 0 Å². The number of rotatable bonds is 6. The molecule has 96 valence electrons. The van der Waals surface area contributed by atoms with Crippen molar-refractivity contribution in [3.05, 3.63) is 56.7 Å². The summed E-state index contributed by atoms with van der Waals surface area (Å²) in [5, 5.41) is 4.37. The minimum Gasteiger partial charge on any atom is -0.330 e. The van der Waals surface area contributed by atoms with E-state index in [1.165, 1.54) is 15.6 Å². The average Bonchev–Trinajstić information content (AvgIpc) is 2.90. The molecule has 3 heteroatoms. The van der Waals surface area contributed by atoms with Gasteiger partial charge in [-0.05, 0) is 65.7 Å². The average molecular weight is 324 g/mol. The summed E-state index contributed by atoms with van der Waals surface area (Å²) in [7, 11) is 0. The van der Waals surface area contributed by atoms with Crippen molar-refractivity contribution < 1.29 is 0 Å². The molecule has 0 bridgehead atoms. The van der Waals surface area contributed by atoms with Gasteiger partial charge < -0.3 is 5.73 Å². The Balaban J connectivity index is 1.91. The Morgan fingerprint density at radius 3 is 2.72 bits per heavy atom. The summed E-state index contributed by atoms with van der Waals surface area (Å²) in [6.45, 7) is 0.755. The first-order valence-corrected chi connectivity index (χ1v) is 7.97. The fourth-order valence-corrected chi connectivity index (χ4v) is 3.23. The van der Waals surface area contributed by atoms with Gasteiger partial charge in [0.05, 0.1) is 0 Å². The zero-order valence-electron chi connectivity index (χ0n) is 10.3. The predicted molar refractivity (Wildman–Crippen MR) is 83.0 cm³/mol. The molecule has 1 nitrogen and oxygen atoms in total. The topological polar surface area (TPSA) is 26.0 Å². The summed E-state index contributed by atoms with van der Waals surface area (Å²) in [5.41, 5.74) is 8.69. The van der Waals surface area contributed by atoms with Crippen LogP contribution in [-0.2, 0) is 12.8 Å². The van der Waals surface area contributed by atoms with Crippen LogP contribution in [0.2, 0.25) is 0 Å². The Kier molecular flexibility index (Phi) is 5.42. The molecule has 0 aliphatic heterocycles. The molecule has 0 saturated heterocycles. The molecule has 2 aromatic rings. The fourth-order valence-electron chi connectivity index (χ4n) is 2.08. The SMILES string of the molecule is NCC(CCc1ccsc1)Cc1ccccc1Br. The lowest BCUT2D eigenvalue weighted by atomic mass is 9.93. The molecule has 0 amide bonds. The normalized spacial score (nSPS) is 12.6. The minimum absolute atomic E-state index is 0.559. The molecule has 1 unspecified atom stereocenters. The van der Waals surface area contributed by atoms with Crippen molar-refractivity contribution in [3.63, 3.8) is 0 Å². The third kappa shape index (κ3) is 3.94. The number of aryl methyl sites for hydroxylation is 1. The molecule has 0 spiro atoms. The first-order chi connectivity index (χ1) is 8.79. The van der Waals surface area contributed by atoms with E-state index in [0.29, 0.717) is 5.92 Å². The van der Waals surface area contributed by atoms with Gasteiger partial charge in [0.1, 0.15) is 0 Å². The van der Waals surface area contributed by atoms with Crippen LogP contribution in [0.25, 0.3) is 0 Å². The Morgan fingerprint density at radius 1 is 1.22 bits per heavy atom. The van der Waals surface area contributed by atoms with E-state index >= 15 is 0 Å². The van der Waals surface area contributed by atoms with E-state index in [4.69, 9.17) is 5.73 Å². The van der Waals surface area contributed by atoms with Gasteiger partial charge >= 0.3 is 0 Å². The standard InChI is InChI=1S/C15H18BrNS/c16-15-4-2-1-3-14(15)9-13(10-17)6-5-12-7-8-18-11-12/h1-4,7-8,11,13H,5-6,9-10,17H2. The van der Waals surface area contributed by atoms with Crippen molar-refractivity contribution >= 4 is 27.3 Å². The van der Waals surface area contributed by atoms with E-state index in [1.54, 1.807) is 11.3 Å². The van der Waals surface area contributed by atoms with Crippen molar-refractivity contribution in [2.75, 3.05) is 6.54 Å². The van der Waals surface area contributed by atoms with Crippen molar-refractivity contribution in [1.29, 1.82) is 0 Å². The number of thiophene rings is 1. The van der Waals surface area contributed by atoms with Gasteiger partial charge in [0, 0.05) is 4.47 Å². The summed E-state index contributed by atoms with van der Waals surface area (Å²) in [6.07, 6.45) is 3.35. The third-order valence-electron chi connectivity index (χ3n) is 3.22. The van der Waals surface area contributed by atoms with Crippen LogP contribution in [0.3, 0.4) is 0 Å². The van der Waals surface area contributed by atoms with Gasteiger partial charge in [-0.15, -0.1) is 0 Å². The Morgan fingerprint density at radius 2 is 2.06 bits per heavy atom. The van der Waals surface area contributed by atoms with Gasteiger partial charge in [-0.3, -0.25) is 0 Å².